The highest BCUT2D eigenvalue weighted by Crippen LogP contribution is 2.29. The van der Waals surface area contributed by atoms with E-state index in [0.29, 0.717) is 34.3 Å². The summed E-state index contributed by atoms with van der Waals surface area (Å²) in [6, 6.07) is 10.9. The molecule has 0 aromatic heterocycles. The van der Waals surface area contributed by atoms with E-state index in [2.05, 4.69) is 5.32 Å². The Balaban J connectivity index is 1.99. The average molecular weight is 323 g/mol. The molecule has 0 saturated carbocycles. The lowest BCUT2D eigenvalue weighted by atomic mass is 10.1. The summed E-state index contributed by atoms with van der Waals surface area (Å²) >= 11 is 12.1. The first-order valence-corrected chi connectivity index (χ1v) is 7.32. The molecule has 0 bridgehead atoms. The van der Waals surface area contributed by atoms with Gasteiger partial charge in [0.05, 0.1) is 10.7 Å². The Morgan fingerprint density at radius 1 is 1.19 bits per heavy atom. The van der Waals surface area contributed by atoms with Crippen LogP contribution in [0.25, 0.3) is 0 Å². The van der Waals surface area contributed by atoms with Crippen molar-refractivity contribution < 1.29 is 4.79 Å². The maximum absolute atomic E-state index is 12.0. The van der Waals surface area contributed by atoms with Crippen LogP contribution in [-0.4, -0.2) is 5.91 Å². The number of rotatable bonds is 4. The molecule has 3 N–H and O–H groups in total. The predicted molar refractivity (Wildman–Crippen MR) is 89.0 cm³/mol. The molecule has 2 aromatic rings. The largest absolute Gasteiger partial charge is 0.399 e. The first-order valence-electron chi connectivity index (χ1n) is 6.56. The Bertz CT molecular complexity index is 671. The van der Waals surface area contributed by atoms with Crippen molar-refractivity contribution in [3.05, 3.63) is 57.6 Å². The second-order valence-corrected chi connectivity index (χ2v) is 5.64. The van der Waals surface area contributed by atoms with Gasteiger partial charge >= 0.3 is 0 Å². The molecular weight excluding hydrogens is 307 g/mol. The molecule has 2 aromatic carbocycles. The van der Waals surface area contributed by atoms with Crippen molar-refractivity contribution in [2.75, 3.05) is 11.1 Å². The first kappa shape index (κ1) is 15.7. The smallest absolute Gasteiger partial charge is 0.224 e. The van der Waals surface area contributed by atoms with Crippen molar-refractivity contribution in [2.24, 2.45) is 0 Å². The summed E-state index contributed by atoms with van der Waals surface area (Å²) < 4.78 is 0. The molecule has 0 saturated heterocycles. The summed E-state index contributed by atoms with van der Waals surface area (Å²) in [6.07, 6.45) is 0.908. The van der Waals surface area contributed by atoms with Crippen molar-refractivity contribution in [1.29, 1.82) is 0 Å². The third-order valence-electron chi connectivity index (χ3n) is 3.20. The lowest BCUT2D eigenvalue weighted by Gasteiger charge is -2.10. The van der Waals surface area contributed by atoms with Gasteiger partial charge in [-0.25, -0.2) is 0 Å². The lowest BCUT2D eigenvalue weighted by molar-refractivity contribution is -0.116. The molecule has 2 rings (SSSR count). The molecule has 0 fully saturated rings. The van der Waals surface area contributed by atoms with E-state index < -0.39 is 0 Å². The predicted octanol–water partition coefficient (Wildman–Crippen LogP) is 4.46. The van der Waals surface area contributed by atoms with Gasteiger partial charge in [0.25, 0.3) is 0 Å². The molecule has 0 heterocycles. The summed E-state index contributed by atoms with van der Waals surface area (Å²) in [5, 5.41) is 3.82. The SMILES string of the molecule is Cc1cc(Cl)c(NC(=O)CCc2ccccc2N)cc1Cl. The number of nitrogens with one attached hydrogen (secondary N) is 1. The monoisotopic (exact) mass is 322 g/mol. The van der Waals surface area contributed by atoms with Crippen LogP contribution >= 0.6 is 23.2 Å². The van der Waals surface area contributed by atoms with Gasteiger partial charge in [-0.3, -0.25) is 4.79 Å². The number of amides is 1. The number of hydrogen-bond acceptors (Lipinski definition) is 2. The molecule has 0 aliphatic carbocycles. The van der Waals surface area contributed by atoms with Gasteiger partial charge in [-0.15, -0.1) is 0 Å². The van der Waals surface area contributed by atoms with Crippen molar-refractivity contribution in [3.63, 3.8) is 0 Å². The molecule has 1 amide bonds. The highest BCUT2D eigenvalue weighted by Gasteiger charge is 2.09. The highest BCUT2D eigenvalue weighted by atomic mass is 35.5. The molecule has 0 aliphatic rings. The fraction of sp³-hybridized carbons (Fsp3) is 0.188. The maximum Gasteiger partial charge on any atom is 0.224 e. The Labute approximate surface area is 134 Å². The van der Waals surface area contributed by atoms with E-state index in [1.807, 2.05) is 31.2 Å². The normalized spacial score (nSPS) is 10.4. The van der Waals surface area contributed by atoms with Gasteiger partial charge in [0.2, 0.25) is 5.91 Å². The fourth-order valence-corrected chi connectivity index (χ4v) is 2.39. The Kier molecular flexibility index (Phi) is 5.10. The number of aryl methyl sites for hydroxylation is 2. The Morgan fingerprint density at radius 2 is 1.90 bits per heavy atom. The van der Waals surface area contributed by atoms with Gasteiger partial charge in [0, 0.05) is 17.1 Å². The molecule has 0 radical (unpaired) electrons. The molecule has 0 spiro atoms. The topological polar surface area (TPSA) is 55.1 Å². The minimum atomic E-state index is -0.125. The van der Waals surface area contributed by atoms with Gasteiger partial charge in [-0.2, -0.15) is 0 Å². The van der Waals surface area contributed by atoms with E-state index in [1.54, 1.807) is 12.1 Å². The zero-order chi connectivity index (χ0) is 15.4. The van der Waals surface area contributed by atoms with Gasteiger partial charge in [-0.05, 0) is 42.7 Å². The zero-order valence-corrected chi connectivity index (χ0v) is 13.1. The van der Waals surface area contributed by atoms with Crippen LogP contribution in [0.4, 0.5) is 11.4 Å². The third kappa shape index (κ3) is 4.13. The summed E-state index contributed by atoms with van der Waals surface area (Å²) in [4.78, 5) is 12.0. The molecule has 3 nitrogen and oxygen atoms in total. The van der Waals surface area contributed by atoms with Crippen LogP contribution in [-0.2, 0) is 11.2 Å². The summed E-state index contributed by atoms with van der Waals surface area (Å²) in [5.41, 5.74) is 8.90. The van der Waals surface area contributed by atoms with E-state index in [9.17, 15) is 4.79 Å². The van der Waals surface area contributed by atoms with Crippen LogP contribution in [0.1, 0.15) is 17.5 Å². The first-order chi connectivity index (χ1) is 9.97. The quantitative estimate of drug-likeness (QED) is 0.817. The number of nitrogens with two attached hydrogens (primary N) is 1. The van der Waals surface area contributed by atoms with Crippen molar-refractivity contribution in [2.45, 2.75) is 19.8 Å². The zero-order valence-electron chi connectivity index (χ0n) is 11.6. The van der Waals surface area contributed by atoms with E-state index in [-0.39, 0.29) is 5.91 Å². The molecule has 0 aliphatic heterocycles. The van der Waals surface area contributed by atoms with Crippen LogP contribution in [0.3, 0.4) is 0 Å². The fourth-order valence-electron chi connectivity index (χ4n) is 1.96. The van der Waals surface area contributed by atoms with Crippen LogP contribution < -0.4 is 11.1 Å². The van der Waals surface area contributed by atoms with Crippen LogP contribution in [0, 0.1) is 6.92 Å². The lowest BCUT2D eigenvalue weighted by Crippen LogP contribution is -2.13. The van der Waals surface area contributed by atoms with Crippen LogP contribution in [0.5, 0.6) is 0 Å². The van der Waals surface area contributed by atoms with Gasteiger partial charge in [0.15, 0.2) is 0 Å². The second-order valence-electron chi connectivity index (χ2n) is 4.83. The standard InChI is InChI=1S/C16H16Cl2N2O/c1-10-8-13(18)15(9-12(10)17)20-16(21)7-6-11-4-2-3-5-14(11)19/h2-5,8-9H,6-7,19H2,1H3,(H,20,21). The van der Waals surface area contributed by atoms with Gasteiger partial charge < -0.3 is 11.1 Å². The van der Waals surface area contributed by atoms with E-state index >= 15 is 0 Å². The van der Waals surface area contributed by atoms with Crippen molar-refractivity contribution in [1.82, 2.24) is 0 Å². The number of nitrogen functional groups attached to an aromatic ring is 1. The number of anilines is 2. The summed E-state index contributed by atoms with van der Waals surface area (Å²) in [7, 11) is 0. The number of hydrogen-bond donors (Lipinski definition) is 2. The minimum Gasteiger partial charge on any atom is -0.399 e. The summed E-state index contributed by atoms with van der Waals surface area (Å²) in [5.74, 6) is -0.125. The Morgan fingerprint density at radius 3 is 2.62 bits per heavy atom. The van der Waals surface area contributed by atoms with E-state index in [4.69, 9.17) is 28.9 Å². The molecule has 21 heavy (non-hydrogen) atoms. The second kappa shape index (κ2) is 6.83. The van der Waals surface area contributed by atoms with E-state index in [1.165, 1.54) is 0 Å². The molecule has 5 heteroatoms. The molecule has 110 valence electrons. The average Bonchev–Trinajstić information content (AvgIpc) is 2.44. The van der Waals surface area contributed by atoms with Crippen molar-refractivity contribution >= 4 is 40.5 Å². The van der Waals surface area contributed by atoms with Crippen LogP contribution in [0.2, 0.25) is 10.0 Å². The number of halogens is 2. The maximum atomic E-state index is 12.0. The van der Waals surface area contributed by atoms with Gasteiger partial charge in [-0.1, -0.05) is 41.4 Å². The molecule has 0 atom stereocenters. The number of carbonyl (C=O) groups is 1. The minimum absolute atomic E-state index is 0.125. The number of para-hydroxylation sites is 1. The summed E-state index contributed by atoms with van der Waals surface area (Å²) in [6.45, 7) is 1.86. The van der Waals surface area contributed by atoms with Gasteiger partial charge in [0.1, 0.15) is 0 Å². The number of benzene rings is 2. The molecule has 0 unspecified atom stereocenters. The number of carbonyl (C=O) groups excluding carboxylic acids is 1. The third-order valence-corrected chi connectivity index (χ3v) is 3.92. The van der Waals surface area contributed by atoms with Crippen LogP contribution in [0.15, 0.2) is 36.4 Å². The van der Waals surface area contributed by atoms with E-state index in [0.717, 1.165) is 11.1 Å². The highest BCUT2D eigenvalue weighted by molar-refractivity contribution is 6.36. The van der Waals surface area contributed by atoms with Crippen molar-refractivity contribution in [3.8, 4) is 0 Å². The Hall–Kier alpha value is -1.71. The molecular formula is C16H16Cl2N2O.